The topological polar surface area (TPSA) is 46.2 Å². The third kappa shape index (κ3) is 1.49. The van der Waals surface area contributed by atoms with Gasteiger partial charge in [-0.1, -0.05) is 6.42 Å². The highest BCUT2D eigenvalue weighted by molar-refractivity contribution is 5.41. The normalized spacial score (nSPS) is 18.6. The van der Waals surface area contributed by atoms with Crippen LogP contribution < -0.4 is 5.73 Å². The van der Waals surface area contributed by atoms with Crippen LogP contribution in [-0.4, -0.2) is 11.7 Å². The van der Waals surface area contributed by atoms with Gasteiger partial charge in [0.1, 0.15) is 5.75 Å². The maximum absolute atomic E-state index is 13.1. The smallest absolute Gasteiger partial charge is 0.162 e. The van der Waals surface area contributed by atoms with Crippen molar-refractivity contribution in [3.05, 3.63) is 29.3 Å². The van der Waals surface area contributed by atoms with Crippen molar-refractivity contribution in [2.24, 2.45) is 5.73 Å². The van der Waals surface area contributed by atoms with E-state index in [0.29, 0.717) is 12.1 Å². The van der Waals surface area contributed by atoms with Crippen LogP contribution in [0.1, 0.15) is 24.8 Å². The van der Waals surface area contributed by atoms with E-state index in [9.17, 15) is 13.9 Å². The first-order valence-electron chi connectivity index (χ1n) is 4.98. The number of phenolic OH excluding ortho intramolecular Hbond substituents is 1. The molecule has 1 aliphatic rings. The van der Waals surface area contributed by atoms with E-state index in [-0.39, 0.29) is 11.2 Å². The molecule has 1 fully saturated rings. The lowest BCUT2D eigenvalue weighted by molar-refractivity contribution is 0.243. The second kappa shape index (κ2) is 3.45. The van der Waals surface area contributed by atoms with Gasteiger partial charge >= 0.3 is 0 Å². The van der Waals surface area contributed by atoms with Crippen LogP contribution in [0.15, 0.2) is 12.1 Å². The van der Waals surface area contributed by atoms with Gasteiger partial charge in [0.05, 0.1) is 0 Å². The van der Waals surface area contributed by atoms with Crippen LogP contribution in [0.4, 0.5) is 8.78 Å². The zero-order valence-corrected chi connectivity index (χ0v) is 8.26. The van der Waals surface area contributed by atoms with Crippen LogP contribution in [0.3, 0.4) is 0 Å². The first kappa shape index (κ1) is 10.4. The van der Waals surface area contributed by atoms with Gasteiger partial charge in [0, 0.05) is 23.6 Å². The van der Waals surface area contributed by atoms with Crippen LogP contribution in [0.2, 0.25) is 0 Å². The minimum atomic E-state index is -1.03. The van der Waals surface area contributed by atoms with Gasteiger partial charge in [-0.25, -0.2) is 8.78 Å². The Morgan fingerprint density at radius 2 is 1.87 bits per heavy atom. The Morgan fingerprint density at radius 1 is 1.27 bits per heavy atom. The van der Waals surface area contributed by atoms with Crippen LogP contribution in [0.25, 0.3) is 0 Å². The van der Waals surface area contributed by atoms with Gasteiger partial charge < -0.3 is 10.8 Å². The van der Waals surface area contributed by atoms with Crippen molar-refractivity contribution in [3.63, 3.8) is 0 Å². The molecule has 4 heteroatoms. The zero-order valence-electron chi connectivity index (χ0n) is 8.26. The van der Waals surface area contributed by atoms with Crippen molar-refractivity contribution in [1.29, 1.82) is 0 Å². The average molecular weight is 213 g/mol. The Labute approximate surface area is 86.7 Å². The molecule has 0 amide bonds. The molecule has 0 heterocycles. The summed E-state index contributed by atoms with van der Waals surface area (Å²) in [6.07, 6.45) is 2.65. The number of benzene rings is 1. The minimum Gasteiger partial charge on any atom is -0.508 e. The zero-order chi connectivity index (χ0) is 11.1. The Hall–Kier alpha value is -1.16. The summed E-state index contributed by atoms with van der Waals surface area (Å²) in [5.41, 5.74) is 5.72. The van der Waals surface area contributed by atoms with Gasteiger partial charge in [-0.2, -0.15) is 0 Å². The molecule has 2 rings (SSSR count). The van der Waals surface area contributed by atoms with Crippen molar-refractivity contribution in [2.45, 2.75) is 24.7 Å². The molecular formula is C11H13F2NO. The van der Waals surface area contributed by atoms with E-state index in [1.54, 1.807) is 0 Å². The highest BCUT2D eigenvalue weighted by Gasteiger charge is 2.39. The minimum absolute atomic E-state index is 0.195. The molecule has 0 aliphatic heterocycles. The second-order valence-electron chi connectivity index (χ2n) is 4.12. The molecule has 3 N–H and O–H groups in total. The summed E-state index contributed by atoms with van der Waals surface area (Å²) in [5.74, 6) is -2.15. The van der Waals surface area contributed by atoms with Gasteiger partial charge in [-0.3, -0.25) is 0 Å². The van der Waals surface area contributed by atoms with E-state index in [1.807, 2.05) is 0 Å². The SMILES string of the molecule is NCC1(c2cc(F)c(F)cc2O)CCC1. The molecule has 82 valence electrons. The third-order valence-corrected chi connectivity index (χ3v) is 3.31. The lowest BCUT2D eigenvalue weighted by atomic mass is 9.64. The summed E-state index contributed by atoms with van der Waals surface area (Å²) in [7, 11) is 0. The fourth-order valence-electron chi connectivity index (χ4n) is 2.15. The number of hydrogen-bond donors (Lipinski definition) is 2. The van der Waals surface area contributed by atoms with Gasteiger partial charge in [0.15, 0.2) is 11.6 Å². The summed E-state index contributed by atoms with van der Waals surface area (Å²) in [5, 5.41) is 9.59. The van der Waals surface area contributed by atoms with E-state index in [0.717, 1.165) is 31.4 Å². The molecule has 1 aromatic rings. The van der Waals surface area contributed by atoms with Gasteiger partial charge in [-0.15, -0.1) is 0 Å². The Morgan fingerprint density at radius 3 is 2.33 bits per heavy atom. The maximum Gasteiger partial charge on any atom is 0.162 e. The van der Waals surface area contributed by atoms with E-state index >= 15 is 0 Å². The molecule has 1 aromatic carbocycles. The Kier molecular flexibility index (Phi) is 2.38. The lowest BCUT2D eigenvalue weighted by Crippen LogP contribution is -2.41. The van der Waals surface area contributed by atoms with Crippen LogP contribution in [0, 0.1) is 11.6 Å². The third-order valence-electron chi connectivity index (χ3n) is 3.31. The van der Waals surface area contributed by atoms with Gasteiger partial charge in [-0.05, 0) is 18.9 Å². The fraction of sp³-hybridized carbons (Fsp3) is 0.455. The maximum atomic E-state index is 13.1. The van der Waals surface area contributed by atoms with Crippen molar-refractivity contribution >= 4 is 0 Å². The highest BCUT2D eigenvalue weighted by atomic mass is 19.2. The summed E-state index contributed by atoms with van der Waals surface area (Å²) in [6, 6.07) is 1.89. The second-order valence-corrected chi connectivity index (χ2v) is 4.12. The number of aromatic hydroxyl groups is 1. The van der Waals surface area contributed by atoms with Crippen molar-refractivity contribution in [2.75, 3.05) is 6.54 Å². The largest absolute Gasteiger partial charge is 0.508 e. The molecule has 0 aromatic heterocycles. The van der Waals surface area contributed by atoms with E-state index in [4.69, 9.17) is 5.73 Å². The van der Waals surface area contributed by atoms with Crippen molar-refractivity contribution < 1.29 is 13.9 Å². The molecule has 2 nitrogen and oxygen atoms in total. The number of nitrogens with two attached hydrogens (primary N) is 1. The van der Waals surface area contributed by atoms with Crippen LogP contribution in [0.5, 0.6) is 5.75 Å². The monoisotopic (exact) mass is 213 g/mol. The predicted octanol–water partition coefficient (Wildman–Crippen LogP) is 2.05. The van der Waals surface area contributed by atoms with Crippen LogP contribution in [-0.2, 0) is 5.41 Å². The Balaban J connectivity index is 2.47. The summed E-state index contributed by atoms with van der Waals surface area (Å²) in [4.78, 5) is 0. The fourth-order valence-corrected chi connectivity index (χ4v) is 2.15. The number of rotatable bonds is 2. The first-order chi connectivity index (χ1) is 7.09. The van der Waals surface area contributed by atoms with Crippen LogP contribution >= 0.6 is 0 Å². The molecule has 1 saturated carbocycles. The van der Waals surface area contributed by atoms with Gasteiger partial charge in [0.25, 0.3) is 0 Å². The number of hydrogen-bond acceptors (Lipinski definition) is 2. The molecule has 0 bridgehead atoms. The predicted molar refractivity (Wildman–Crippen MR) is 52.6 cm³/mol. The van der Waals surface area contributed by atoms with Crippen molar-refractivity contribution in [3.8, 4) is 5.75 Å². The summed E-state index contributed by atoms with van der Waals surface area (Å²) in [6.45, 7) is 0.353. The molecule has 0 unspecified atom stereocenters. The molecule has 0 saturated heterocycles. The molecule has 0 radical (unpaired) electrons. The lowest BCUT2D eigenvalue weighted by Gasteiger charge is -2.41. The van der Waals surface area contributed by atoms with E-state index < -0.39 is 11.6 Å². The molecule has 0 atom stereocenters. The van der Waals surface area contributed by atoms with Crippen molar-refractivity contribution in [1.82, 2.24) is 0 Å². The summed E-state index contributed by atoms with van der Waals surface area (Å²) >= 11 is 0. The molecule has 0 spiro atoms. The van der Waals surface area contributed by atoms with Gasteiger partial charge in [0.2, 0.25) is 0 Å². The highest BCUT2D eigenvalue weighted by Crippen LogP contribution is 2.46. The summed E-state index contributed by atoms with van der Waals surface area (Å²) < 4.78 is 25.9. The molecular weight excluding hydrogens is 200 g/mol. The number of halogens is 2. The first-order valence-corrected chi connectivity index (χ1v) is 4.98. The quantitative estimate of drug-likeness (QED) is 0.789. The standard InChI is InChI=1S/C11H13F2NO/c12-8-4-7(10(15)5-9(8)13)11(6-14)2-1-3-11/h4-5,15H,1-3,6,14H2. The van der Waals surface area contributed by atoms with E-state index in [1.165, 1.54) is 0 Å². The molecule has 1 aliphatic carbocycles. The van der Waals surface area contributed by atoms with E-state index in [2.05, 4.69) is 0 Å². The molecule has 15 heavy (non-hydrogen) atoms. The Bertz CT molecular complexity index is 383. The average Bonchev–Trinajstić information content (AvgIpc) is 2.12. The number of phenols is 1.